The van der Waals surface area contributed by atoms with E-state index in [1.54, 1.807) is 38.5 Å². The van der Waals surface area contributed by atoms with Crippen molar-refractivity contribution in [2.75, 3.05) is 64.8 Å². The normalized spacial score (nSPS) is 16.5. The van der Waals surface area contributed by atoms with Gasteiger partial charge in [0.1, 0.15) is 17.3 Å². The summed E-state index contributed by atoms with van der Waals surface area (Å²) in [6.07, 6.45) is 1.96. The highest BCUT2D eigenvalue weighted by molar-refractivity contribution is 6.54. The van der Waals surface area contributed by atoms with Gasteiger partial charge in [-0.1, -0.05) is 0 Å². The Morgan fingerprint density at radius 1 is 1.08 bits per heavy atom. The average Bonchev–Trinajstić information content (AvgIpc) is 3.19. The number of ether oxygens (including phenoxy) is 3. The zero-order chi connectivity index (χ0) is 27.5. The van der Waals surface area contributed by atoms with Crippen LogP contribution in [0.1, 0.15) is 16.7 Å². The Hall–Kier alpha value is -4.29. The number of nitrogens with one attached hydrogen (secondary N) is 1. The van der Waals surface area contributed by atoms with Crippen LogP contribution in [-0.4, -0.2) is 80.7 Å². The number of halogens is 1. The average molecular weight is 536 g/mol. The molecule has 5 rings (SSSR count). The highest BCUT2D eigenvalue weighted by atomic mass is 19.1. The van der Waals surface area contributed by atoms with Crippen LogP contribution >= 0.6 is 0 Å². The molecule has 1 saturated heterocycles. The predicted octanol–water partition coefficient (Wildman–Crippen LogP) is 2.14. The summed E-state index contributed by atoms with van der Waals surface area (Å²) in [5.74, 6) is 0.959. The van der Waals surface area contributed by atoms with Crippen LogP contribution in [0.2, 0.25) is 0 Å². The van der Waals surface area contributed by atoms with Crippen molar-refractivity contribution in [1.29, 1.82) is 0 Å². The number of rotatable bonds is 8. The van der Waals surface area contributed by atoms with E-state index in [2.05, 4.69) is 25.2 Å². The summed E-state index contributed by atoms with van der Waals surface area (Å²) < 4.78 is 30.4. The number of fused-ring (bicyclic) bond motifs is 1. The van der Waals surface area contributed by atoms with Crippen LogP contribution in [0.15, 0.2) is 41.5 Å². The van der Waals surface area contributed by atoms with E-state index in [1.807, 2.05) is 12.1 Å². The van der Waals surface area contributed by atoms with E-state index < -0.39 is 5.82 Å². The first-order valence-corrected chi connectivity index (χ1v) is 12.5. The zero-order valence-corrected chi connectivity index (χ0v) is 22.0. The molecule has 0 unspecified atom stereocenters. The third-order valence-electron chi connectivity index (χ3n) is 6.72. The third kappa shape index (κ3) is 5.33. The van der Waals surface area contributed by atoms with Crippen LogP contribution < -0.4 is 30.2 Å². The Morgan fingerprint density at radius 2 is 1.79 bits per heavy atom. The van der Waals surface area contributed by atoms with Gasteiger partial charge >= 0.3 is 0 Å². The number of aromatic nitrogens is 2. The summed E-state index contributed by atoms with van der Waals surface area (Å²) in [7, 11) is 4.63. The van der Waals surface area contributed by atoms with Gasteiger partial charge < -0.3 is 25.3 Å². The largest absolute Gasteiger partial charge is 0.493 e. The minimum atomic E-state index is -0.459. The van der Waals surface area contributed by atoms with Gasteiger partial charge in [-0.3, -0.25) is 14.6 Å². The lowest BCUT2D eigenvalue weighted by Gasteiger charge is -2.31. The molecule has 11 nitrogen and oxygen atoms in total. The molecule has 2 aliphatic rings. The smallest absolute Gasteiger partial charge is 0.278 e. The fourth-order valence-corrected chi connectivity index (χ4v) is 4.74. The molecule has 3 heterocycles. The second-order valence-electron chi connectivity index (χ2n) is 9.16. The molecule has 0 aliphatic carbocycles. The Bertz CT molecular complexity index is 1400. The fraction of sp³-hybridized carbons (Fsp3) is 0.333. The van der Waals surface area contributed by atoms with Crippen LogP contribution in [0.3, 0.4) is 0 Å². The zero-order valence-electron chi connectivity index (χ0n) is 22.0. The van der Waals surface area contributed by atoms with Crippen molar-refractivity contribution in [1.82, 2.24) is 20.2 Å². The van der Waals surface area contributed by atoms with Gasteiger partial charge in [0.05, 0.1) is 33.7 Å². The quantitative estimate of drug-likeness (QED) is 0.446. The molecule has 0 radical (unpaired) electrons. The van der Waals surface area contributed by atoms with E-state index in [0.717, 1.165) is 31.7 Å². The number of hydrogen-bond acceptors (Lipinski definition) is 10. The summed E-state index contributed by atoms with van der Waals surface area (Å²) in [5, 5.41) is 3.30. The molecule has 0 bridgehead atoms. The lowest BCUT2D eigenvalue weighted by atomic mass is 10.1. The molecule has 0 spiro atoms. The van der Waals surface area contributed by atoms with E-state index in [-0.39, 0.29) is 23.4 Å². The van der Waals surface area contributed by atoms with Gasteiger partial charge in [-0.25, -0.2) is 14.4 Å². The number of benzene rings is 2. The number of nitrogens with zero attached hydrogens (tertiary/aromatic N) is 5. The molecule has 1 aromatic heterocycles. The van der Waals surface area contributed by atoms with E-state index in [4.69, 9.17) is 19.9 Å². The molecule has 12 heteroatoms. The van der Waals surface area contributed by atoms with Gasteiger partial charge in [0, 0.05) is 49.9 Å². The van der Waals surface area contributed by atoms with Crippen molar-refractivity contribution in [3.63, 3.8) is 0 Å². The standard InChI is InChI=1S/C27H30FN7O4/c1-37-21-11-16(12-22(38-2)24(21)39-3)10-17-14-31-27(33-25(17)29)32-23-19-13-18(28)4-5-20(19)35(26(23)36)15-34-8-6-30-7-9-34/h4-5,11-14,30H,6-10,15H2,1-3H3,(H2,29,31,33)/b32-23-. The molecule has 2 aliphatic heterocycles. The predicted molar refractivity (Wildman–Crippen MR) is 145 cm³/mol. The van der Waals surface area contributed by atoms with Crippen molar-refractivity contribution in [2.45, 2.75) is 6.42 Å². The number of piperazine rings is 1. The molecule has 2 aromatic carbocycles. The van der Waals surface area contributed by atoms with Crippen LogP contribution in [0.5, 0.6) is 17.2 Å². The second kappa shape index (κ2) is 11.2. The van der Waals surface area contributed by atoms with Crippen LogP contribution in [0, 0.1) is 5.82 Å². The number of hydrogen-bond donors (Lipinski definition) is 2. The Balaban J connectivity index is 1.42. The maximum absolute atomic E-state index is 14.2. The van der Waals surface area contributed by atoms with Gasteiger partial charge in [-0.15, -0.1) is 0 Å². The number of aliphatic imine (C=N–C) groups is 1. The molecular weight excluding hydrogens is 505 g/mol. The Labute approximate surface area is 225 Å². The highest BCUT2D eigenvalue weighted by Gasteiger charge is 2.35. The van der Waals surface area contributed by atoms with Gasteiger partial charge in [-0.2, -0.15) is 4.98 Å². The number of nitrogens with two attached hydrogens (primary N) is 1. The van der Waals surface area contributed by atoms with Gasteiger partial charge in [0.25, 0.3) is 11.9 Å². The van der Waals surface area contributed by atoms with Crippen LogP contribution in [0.4, 0.5) is 21.8 Å². The minimum absolute atomic E-state index is 0.0173. The van der Waals surface area contributed by atoms with Gasteiger partial charge in [-0.05, 0) is 35.9 Å². The van der Waals surface area contributed by atoms with Crippen molar-refractivity contribution in [2.24, 2.45) is 4.99 Å². The first kappa shape index (κ1) is 26.3. The molecule has 1 amide bonds. The molecule has 3 aromatic rings. The van der Waals surface area contributed by atoms with Crippen molar-refractivity contribution in [3.05, 3.63) is 59.0 Å². The van der Waals surface area contributed by atoms with Crippen molar-refractivity contribution in [3.8, 4) is 17.2 Å². The number of nitrogen functional groups attached to an aromatic ring is 1. The van der Waals surface area contributed by atoms with Gasteiger partial charge in [0.15, 0.2) is 11.5 Å². The monoisotopic (exact) mass is 535 g/mol. The van der Waals surface area contributed by atoms with Crippen LogP contribution in [0.25, 0.3) is 0 Å². The first-order chi connectivity index (χ1) is 18.9. The number of methoxy groups -OCH3 is 3. The summed E-state index contributed by atoms with van der Waals surface area (Å²) in [6.45, 7) is 3.68. The van der Waals surface area contributed by atoms with Crippen molar-refractivity contribution < 1.29 is 23.4 Å². The summed E-state index contributed by atoms with van der Waals surface area (Å²) in [4.78, 5) is 30.3. The lowest BCUT2D eigenvalue weighted by Crippen LogP contribution is -2.49. The summed E-state index contributed by atoms with van der Waals surface area (Å²) in [5.41, 5.74) is 8.85. The number of carbonyl (C=O) groups is 1. The van der Waals surface area contributed by atoms with E-state index in [0.29, 0.717) is 47.2 Å². The number of anilines is 2. The SMILES string of the molecule is COc1cc(Cc2cnc(/N=C3\C(=O)N(CN4CCNCC4)c4ccc(F)cc43)nc2N)cc(OC)c1OC. The molecule has 1 fully saturated rings. The minimum Gasteiger partial charge on any atom is -0.493 e. The fourth-order valence-electron chi connectivity index (χ4n) is 4.74. The summed E-state index contributed by atoms with van der Waals surface area (Å²) >= 11 is 0. The van der Waals surface area contributed by atoms with Crippen molar-refractivity contribution >= 4 is 29.1 Å². The molecule has 39 heavy (non-hydrogen) atoms. The molecule has 0 atom stereocenters. The maximum atomic E-state index is 14.2. The van der Waals surface area contributed by atoms with Crippen LogP contribution in [-0.2, 0) is 11.2 Å². The van der Waals surface area contributed by atoms with E-state index >= 15 is 0 Å². The number of carbonyl (C=O) groups excluding carboxylic acids is 1. The Kier molecular flexibility index (Phi) is 7.57. The maximum Gasteiger partial charge on any atom is 0.278 e. The Morgan fingerprint density at radius 3 is 2.44 bits per heavy atom. The lowest BCUT2D eigenvalue weighted by molar-refractivity contribution is -0.112. The first-order valence-electron chi connectivity index (χ1n) is 12.5. The summed E-state index contributed by atoms with van der Waals surface area (Å²) in [6, 6.07) is 7.90. The third-order valence-corrected chi connectivity index (χ3v) is 6.72. The van der Waals surface area contributed by atoms with Gasteiger partial charge in [0.2, 0.25) is 5.75 Å². The molecule has 3 N–H and O–H groups in total. The number of amides is 1. The second-order valence-corrected chi connectivity index (χ2v) is 9.16. The van der Waals surface area contributed by atoms with E-state index in [1.165, 1.54) is 12.1 Å². The molecular formula is C27H30FN7O4. The van der Waals surface area contributed by atoms with E-state index in [9.17, 15) is 9.18 Å². The molecule has 0 saturated carbocycles. The topological polar surface area (TPSA) is 127 Å². The molecule has 204 valence electrons. The highest BCUT2D eigenvalue weighted by Crippen LogP contribution is 2.39.